The van der Waals surface area contributed by atoms with E-state index in [1.54, 1.807) is 12.2 Å². The molecular weight excluding hydrogens is 160 g/mol. The molecule has 70 valence electrons. The molecule has 0 N–H and O–H groups in total. The van der Waals surface area contributed by atoms with E-state index in [4.69, 9.17) is 0 Å². The Bertz CT molecular complexity index is 242. The lowest BCUT2D eigenvalue weighted by Gasteiger charge is -2.36. The van der Waals surface area contributed by atoms with E-state index in [2.05, 4.69) is 19.7 Å². The molecular formula is C12H16O. The molecule has 1 aliphatic rings. The summed E-state index contributed by atoms with van der Waals surface area (Å²) in [7, 11) is 0. The quantitative estimate of drug-likeness (QED) is 0.604. The van der Waals surface area contributed by atoms with Crippen LogP contribution in [0.3, 0.4) is 0 Å². The van der Waals surface area contributed by atoms with Gasteiger partial charge in [0.05, 0.1) is 5.41 Å². The van der Waals surface area contributed by atoms with Crippen LogP contribution in [-0.2, 0) is 4.79 Å². The van der Waals surface area contributed by atoms with Crippen molar-refractivity contribution in [2.24, 2.45) is 11.3 Å². The minimum Gasteiger partial charge on any atom is -0.298 e. The van der Waals surface area contributed by atoms with Gasteiger partial charge in [-0.25, -0.2) is 0 Å². The molecule has 0 saturated heterocycles. The molecule has 0 aliphatic heterocycles. The van der Waals surface area contributed by atoms with Crippen molar-refractivity contribution >= 4 is 5.78 Å². The van der Waals surface area contributed by atoms with Crippen LogP contribution in [0.15, 0.2) is 38.0 Å². The fourth-order valence-electron chi connectivity index (χ4n) is 2.07. The van der Waals surface area contributed by atoms with Crippen LogP contribution in [0.5, 0.6) is 0 Å². The summed E-state index contributed by atoms with van der Waals surface area (Å²) >= 11 is 0. The molecule has 0 bridgehead atoms. The number of carbonyl (C=O) groups excluding carboxylic acids is 1. The molecule has 1 heteroatoms. The van der Waals surface area contributed by atoms with Gasteiger partial charge in [-0.3, -0.25) is 4.79 Å². The fraction of sp³-hybridized carbons (Fsp3) is 0.417. The highest BCUT2D eigenvalue weighted by Gasteiger charge is 2.40. The first-order chi connectivity index (χ1) is 6.21. The Kier molecular flexibility index (Phi) is 2.86. The van der Waals surface area contributed by atoms with Crippen LogP contribution in [0.2, 0.25) is 0 Å². The standard InChI is InChI=1S/C12H16O/c1-4-10-8-7-9-11(13)12(10,5-2)6-3/h4-6,10H,1-3,7-9H2. The minimum atomic E-state index is -0.542. The molecule has 0 amide bonds. The van der Waals surface area contributed by atoms with Crippen LogP contribution in [0.25, 0.3) is 0 Å². The Labute approximate surface area is 79.8 Å². The van der Waals surface area contributed by atoms with Crippen molar-refractivity contribution in [1.82, 2.24) is 0 Å². The average molecular weight is 176 g/mol. The summed E-state index contributed by atoms with van der Waals surface area (Å²) in [5.74, 6) is 0.414. The molecule has 0 aromatic carbocycles. The van der Waals surface area contributed by atoms with Crippen molar-refractivity contribution in [1.29, 1.82) is 0 Å². The zero-order chi connectivity index (χ0) is 9.90. The van der Waals surface area contributed by atoms with E-state index in [0.29, 0.717) is 6.42 Å². The summed E-state index contributed by atoms with van der Waals surface area (Å²) in [6.07, 6.45) is 7.89. The van der Waals surface area contributed by atoms with Crippen molar-refractivity contribution in [3.05, 3.63) is 38.0 Å². The summed E-state index contributed by atoms with van der Waals surface area (Å²) in [6, 6.07) is 0. The van der Waals surface area contributed by atoms with E-state index in [0.717, 1.165) is 12.8 Å². The normalized spacial score (nSPS) is 26.5. The molecule has 1 fully saturated rings. The third kappa shape index (κ3) is 1.39. The molecule has 1 unspecified atom stereocenters. The first-order valence-corrected chi connectivity index (χ1v) is 4.64. The lowest BCUT2D eigenvalue weighted by Crippen LogP contribution is -2.37. The molecule has 0 aromatic heterocycles. The monoisotopic (exact) mass is 176 g/mol. The molecule has 0 radical (unpaired) electrons. The predicted octanol–water partition coefficient (Wildman–Crippen LogP) is 2.90. The molecule has 1 rings (SSSR count). The fourth-order valence-corrected chi connectivity index (χ4v) is 2.07. The summed E-state index contributed by atoms with van der Waals surface area (Å²) in [4.78, 5) is 11.8. The van der Waals surface area contributed by atoms with Gasteiger partial charge in [0.25, 0.3) is 0 Å². The number of ketones is 1. The lowest BCUT2D eigenvalue weighted by molar-refractivity contribution is -0.127. The Hall–Kier alpha value is -1.11. The number of hydrogen-bond acceptors (Lipinski definition) is 1. The number of Topliss-reactive ketones (excluding diaryl/α,β-unsaturated/α-hetero) is 1. The minimum absolute atomic E-state index is 0.184. The molecule has 1 saturated carbocycles. The van der Waals surface area contributed by atoms with Crippen LogP contribution in [0, 0.1) is 11.3 Å². The lowest BCUT2D eigenvalue weighted by atomic mass is 9.65. The SMILES string of the molecule is C=CC1CCCC(=O)C1(C=C)C=C. The van der Waals surface area contributed by atoms with Gasteiger partial charge in [-0.15, -0.1) is 19.7 Å². The highest BCUT2D eigenvalue weighted by molar-refractivity contribution is 5.89. The third-order valence-corrected chi connectivity index (χ3v) is 2.98. The Balaban J connectivity index is 3.08. The molecule has 1 nitrogen and oxygen atoms in total. The zero-order valence-corrected chi connectivity index (χ0v) is 7.96. The Morgan fingerprint density at radius 2 is 1.92 bits per heavy atom. The van der Waals surface area contributed by atoms with Crippen molar-refractivity contribution in [2.75, 3.05) is 0 Å². The van der Waals surface area contributed by atoms with E-state index in [1.807, 2.05) is 6.08 Å². The largest absolute Gasteiger partial charge is 0.298 e. The maximum absolute atomic E-state index is 11.8. The molecule has 0 spiro atoms. The third-order valence-electron chi connectivity index (χ3n) is 2.98. The number of carbonyl (C=O) groups is 1. The maximum Gasteiger partial charge on any atom is 0.147 e. The number of rotatable bonds is 3. The van der Waals surface area contributed by atoms with Crippen LogP contribution < -0.4 is 0 Å². The predicted molar refractivity (Wildman–Crippen MR) is 55.4 cm³/mol. The van der Waals surface area contributed by atoms with Crippen LogP contribution in [0.4, 0.5) is 0 Å². The second-order valence-corrected chi connectivity index (χ2v) is 3.50. The first kappa shape index (κ1) is 9.97. The van der Waals surface area contributed by atoms with Gasteiger partial charge in [-0.05, 0) is 18.8 Å². The molecule has 13 heavy (non-hydrogen) atoms. The maximum atomic E-state index is 11.8. The molecule has 1 atom stereocenters. The first-order valence-electron chi connectivity index (χ1n) is 4.64. The summed E-state index contributed by atoms with van der Waals surface area (Å²) in [5, 5.41) is 0. The second-order valence-electron chi connectivity index (χ2n) is 3.50. The smallest absolute Gasteiger partial charge is 0.147 e. The number of allylic oxidation sites excluding steroid dienone is 3. The van der Waals surface area contributed by atoms with E-state index < -0.39 is 5.41 Å². The van der Waals surface area contributed by atoms with Gasteiger partial charge < -0.3 is 0 Å². The average Bonchev–Trinajstić information content (AvgIpc) is 2.18. The highest BCUT2D eigenvalue weighted by atomic mass is 16.1. The van der Waals surface area contributed by atoms with E-state index in [9.17, 15) is 4.79 Å². The van der Waals surface area contributed by atoms with E-state index in [1.165, 1.54) is 0 Å². The van der Waals surface area contributed by atoms with Gasteiger partial charge in [-0.2, -0.15) is 0 Å². The van der Waals surface area contributed by atoms with Crippen molar-refractivity contribution in [2.45, 2.75) is 19.3 Å². The van der Waals surface area contributed by atoms with Gasteiger partial charge in [-0.1, -0.05) is 18.2 Å². The zero-order valence-electron chi connectivity index (χ0n) is 7.96. The van der Waals surface area contributed by atoms with Crippen LogP contribution in [0.1, 0.15) is 19.3 Å². The van der Waals surface area contributed by atoms with Gasteiger partial charge in [0.2, 0.25) is 0 Å². The van der Waals surface area contributed by atoms with Crippen molar-refractivity contribution in [3.63, 3.8) is 0 Å². The van der Waals surface area contributed by atoms with Crippen LogP contribution >= 0.6 is 0 Å². The van der Waals surface area contributed by atoms with Crippen molar-refractivity contribution < 1.29 is 4.79 Å². The molecule has 0 aromatic rings. The summed E-state index contributed by atoms with van der Waals surface area (Å²) in [5.41, 5.74) is -0.542. The molecule has 1 aliphatic carbocycles. The Morgan fingerprint density at radius 3 is 2.31 bits per heavy atom. The second kappa shape index (κ2) is 3.73. The summed E-state index contributed by atoms with van der Waals surface area (Å²) < 4.78 is 0. The number of hydrogen-bond donors (Lipinski definition) is 0. The van der Waals surface area contributed by atoms with Gasteiger partial charge >= 0.3 is 0 Å². The van der Waals surface area contributed by atoms with Gasteiger partial charge in [0, 0.05) is 6.42 Å². The highest BCUT2D eigenvalue weighted by Crippen LogP contribution is 2.41. The van der Waals surface area contributed by atoms with Crippen molar-refractivity contribution in [3.8, 4) is 0 Å². The topological polar surface area (TPSA) is 17.1 Å². The Morgan fingerprint density at radius 1 is 1.31 bits per heavy atom. The van der Waals surface area contributed by atoms with E-state index in [-0.39, 0.29) is 11.7 Å². The van der Waals surface area contributed by atoms with Crippen LogP contribution in [-0.4, -0.2) is 5.78 Å². The van der Waals surface area contributed by atoms with Gasteiger partial charge in [0.15, 0.2) is 0 Å². The summed E-state index contributed by atoms with van der Waals surface area (Å²) in [6.45, 7) is 11.2. The molecule has 0 heterocycles. The van der Waals surface area contributed by atoms with E-state index >= 15 is 0 Å². The van der Waals surface area contributed by atoms with Gasteiger partial charge in [0.1, 0.15) is 5.78 Å².